The van der Waals surface area contributed by atoms with Crippen molar-refractivity contribution in [2.45, 2.75) is 30.7 Å². The van der Waals surface area contributed by atoms with Gasteiger partial charge in [-0.15, -0.1) is 0 Å². The van der Waals surface area contributed by atoms with Gasteiger partial charge in [-0.05, 0) is 60.2 Å². The number of rotatable bonds is 7. The van der Waals surface area contributed by atoms with E-state index in [2.05, 4.69) is 0 Å². The molecule has 33 heavy (non-hydrogen) atoms. The molecule has 1 fully saturated rings. The van der Waals surface area contributed by atoms with E-state index in [4.69, 9.17) is 0 Å². The lowest BCUT2D eigenvalue weighted by Gasteiger charge is -2.34. The van der Waals surface area contributed by atoms with Gasteiger partial charge in [0.05, 0.1) is 11.4 Å². The van der Waals surface area contributed by atoms with Crippen LogP contribution in [0.4, 0.5) is 5.69 Å². The van der Waals surface area contributed by atoms with Crippen molar-refractivity contribution in [1.82, 2.24) is 14.1 Å². The van der Waals surface area contributed by atoms with Crippen molar-refractivity contribution in [3.63, 3.8) is 0 Å². The molecule has 0 N–H and O–H groups in total. The normalized spacial score (nSPS) is 17.1. The van der Waals surface area contributed by atoms with E-state index in [1.165, 1.54) is 11.1 Å². The Hall–Kier alpha value is -2.42. The summed E-state index contributed by atoms with van der Waals surface area (Å²) in [7, 11) is 2.32. The van der Waals surface area contributed by atoms with Gasteiger partial charge in [-0.25, -0.2) is 8.42 Å². The molecule has 8 heteroatoms. The number of piperazine rings is 1. The zero-order valence-corrected chi connectivity index (χ0v) is 20.6. The minimum atomic E-state index is -3.49. The largest absolute Gasteiger partial charge is 0.378 e. The van der Waals surface area contributed by atoms with E-state index in [-0.39, 0.29) is 5.91 Å². The number of carbonyl (C=O) groups excluding carboxylic acids is 1. The van der Waals surface area contributed by atoms with Gasteiger partial charge in [0.25, 0.3) is 0 Å². The number of anilines is 1. The van der Waals surface area contributed by atoms with Gasteiger partial charge in [0.1, 0.15) is 0 Å². The number of aryl methyl sites for hydroxylation is 2. The zero-order chi connectivity index (χ0) is 23.6. The topological polar surface area (TPSA) is 64.2 Å². The van der Waals surface area contributed by atoms with Crippen LogP contribution in [-0.2, 0) is 34.2 Å². The average Bonchev–Trinajstić information content (AvgIpc) is 3.28. The molecular weight excluding hydrogens is 436 g/mol. The van der Waals surface area contributed by atoms with Crippen molar-refractivity contribution in [2.75, 3.05) is 58.8 Å². The molecule has 1 amide bonds. The lowest BCUT2D eigenvalue weighted by molar-refractivity contribution is -0.131. The molecule has 1 aliphatic heterocycles. The first-order valence-corrected chi connectivity index (χ1v) is 13.0. The standard InChI is InChI=1S/C25H34N4O3S/c1-26(2)23-10-7-20(8-11-23)18-27(3)25(30)19-28-13-15-29(16-14-28)33(31,32)24-12-9-21-5-4-6-22(21)17-24/h7-12,17H,4-6,13-16,18-19H2,1-3H3. The Morgan fingerprint density at radius 3 is 2.24 bits per heavy atom. The van der Waals surface area contributed by atoms with Crippen LogP contribution in [0.1, 0.15) is 23.1 Å². The summed E-state index contributed by atoms with van der Waals surface area (Å²) in [5.74, 6) is 0.0432. The van der Waals surface area contributed by atoms with Crippen LogP contribution in [0.5, 0.6) is 0 Å². The molecule has 0 saturated carbocycles. The molecule has 0 aromatic heterocycles. The summed E-state index contributed by atoms with van der Waals surface area (Å²) in [6.45, 7) is 2.78. The van der Waals surface area contributed by atoms with Crippen LogP contribution in [0, 0.1) is 0 Å². The predicted octanol–water partition coefficient (Wildman–Crippen LogP) is 2.21. The third kappa shape index (κ3) is 5.39. The van der Waals surface area contributed by atoms with E-state index in [9.17, 15) is 13.2 Å². The molecule has 7 nitrogen and oxygen atoms in total. The van der Waals surface area contributed by atoms with Crippen LogP contribution in [0.2, 0.25) is 0 Å². The fraction of sp³-hybridized carbons (Fsp3) is 0.480. The molecule has 2 aliphatic rings. The van der Waals surface area contributed by atoms with E-state index in [0.717, 1.165) is 30.5 Å². The number of amides is 1. The quantitative estimate of drug-likeness (QED) is 0.621. The average molecular weight is 471 g/mol. The third-order valence-corrected chi connectivity index (χ3v) is 8.59. The van der Waals surface area contributed by atoms with Crippen molar-refractivity contribution < 1.29 is 13.2 Å². The molecule has 0 bridgehead atoms. The number of likely N-dealkylation sites (N-methyl/N-ethyl adjacent to an activating group) is 1. The van der Waals surface area contributed by atoms with Crippen molar-refractivity contribution >= 4 is 21.6 Å². The lowest BCUT2D eigenvalue weighted by atomic mass is 10.1. The van der Waals surface area contributed by atoms with Crippen molar-refractivity contribution in [3.05, 3.63) is 59.2 Å². The minimum Gasteiger partial charge on any atom is -0.378 e. The maximum absolute atomic E-state index is 13.1. The summed E-state index contributed by atoms with van der Waals surface area (Å²) in [4.78, 5) is 19.0. The van der Waals surface area contributed by atoms with E-state index < -0.39 is 10.0 Å². The van der Waals surface area contributed by atoms with Crippen molar-refractivity contribution in [2.24, 2.45) is 0 Å². The van der Waals surface area contributed by atoms with E-state index in [0.29, 0.717) is 44.2 Å². The highest BCUT2D eigenvalue weighted by atomic mass is 32.2. The van der Waals surface area contributed by atoms with Gasteiger partial charge in [0.15, 0.2) is 0 Å². The summed E-state index contributed by atoms with van der Waals surface area (Å²) in [5, 5.41) is 0. The lowest BCUT2D eigenvalue weighted by Crippen LogP contribution is -2.51. The number of carbonyl (C=O) groups is 1. The number of sulfonamides is 1. The molecule has 0 unspecified atom stereocenters. The Bertz CT molecular complexity index is 1090. The monoisotopic (exact) mass is 470 g/mol. The minimum absolute atomic E-state index is 0.0432. The van der Waals surface area contributed by atoms with Crippen LogP contribution in [0.3, 0.4) is 0 Å². The third-order valence-electron chi connectivity index (χ3n) is 6.70. The smallest absolute Gasteiger partial charge is 0.243 e. The second-order valence-corrected chi connectivity index (χ2v) is 11.2. The number of hydrogen-bond donors (Lipinski definition) is 0. The maximum atomic E-state index is 13.1. The number of hydrogen-bond acceptors (Lipinski definition) is 5. The van der Waals surface area contributed by atoms with Crippen LogP contribution in [0.15, 0.2) is 47.4 Å². The summed E-state index contributed by atoms with van der Waals surface area (Å²) >= 11 is 0. The first-order chi connectivity index (χ1) is 15.7. The molecule has 0 spiro atoms. The van der Waals surface area contributed by atoms with Crippen LogP contribution < -0.4 is 4.90 Å². The summed E-state index contributed by atoms with van der Waals surface area (Å²) in [6.07, 6.45) is 3.10. The molecule has 1 heterocycles. The van der Waals surface area contributed by atoms with Gasteiger partial charge in [-0.2, -0.15) is 4.31 Å². The molecule has 2 aromatic rings. The molecule has 0 radical (unpaired) electrons. The predicted molar refractivity (Wildman–Crippen MR) is 131 cm³/mol. The maximum Gasteiger partial charge on any atom is 0.243 e. The van der Waals surface area contributed by atoms with E-state index in [1.54, 1.807) is 15.3 Å². The highest BCUT2D eigenvalue weighted by Crippen LogP contribution is 2.26. The first-order valence-electron chi connectivity index (χ1n) is 11.6. The Morgan fingerprint density at radius 2 is 1.58 bits per heavy atom. The molecule has 1 saturated heterocycles. The van der Waals surface area contributed by atoms with Crippen LogP contribution in [-0.4, -0.2) is 82.3 Å². The van der Waals surface area contributed by atoms with E-state index in [1.807, 2.05) is 67.3 Å². The number of benzene rings is 2. The Balaban J connectivity index is 1.29. The van der Waals surface area contributed by atoms with E-state index >= 15 is 0 Å². The second-order valence-electron chi connectivity index (χ2n) is 9.27. The van der Waals surface area contributed by atoms with Gasteiger partial charge in [0, 0.05) is 59.6 Å². The fourth-order valence-electron chi connectivity index (χ4n) is 4.56. The highest BCUT2D eigenvalue weighted by molar-refractivity contribution is 7.89. The number of fused-ring (bicyclic) bond motifs is 1. The second kappa shape index (κ2) is 9.83. The molecule has 2 aromatic carbocycles. The summed E-state index contributed by atoms with van der Waals surface area (Å²) in [5.41, 5.74) is 4.65. The van der Waals surface area contributed by atoms with Gasteiger partial charge in [-0.1, -0.05) is 18.2 Å². The van der Waals surface area contributed by atoms with Crippen LogP contribution >= 0.6 is 0 Å². The van der Waals surface area contributed by atoms with Crippen molar-refractivity contribution in [1.29, 1.82) is 0 Å². The molecule has 1 aliphatic carbocycles. The van der Waals surface area contributed by atoms with Gasteiger partial charge in [-0.3, -0.25) is 9.69 Å². The zero-order valence-electron chi connectivity index (χ0n) is 19.8. The summed E-state index contributed by atoms with van der Waals surface area (Å²) in [6, 6.07) is 13.8. The van der Waals surface area contributed by atoms with Gasteiger partial charge >= 0.3 is 0 Å². The molecule has 178 valence electrons. The number of nitrogens with zero attached hydrogens (tertiary/aromatic N) is 4. The Labute approximate surface area is 197 Å². The molecule has 0 atom stereocenters. The molecular formula is C25H34N4O3S. The highest BCUT2D eigenvalue weighted by Gasteiger charge is 2.30. The first kappa shape index (κ1) is 23.7. The molecule has 4 rings (SSSR count). The SMILES string of the molecule is CN(Cc1ccc(N(C)C)cc1)C(=O)CN1CCN(S(=O)(=O)c2ccc3c(c2)CCC3)CC1. The van der Waals surface area contributed by atoms with Crippen molar-refractivity contribution in [3.8, 4) is 0 Å². The fourth-order valence-corrected chi connectivity index (χ4v) is 6.03. The van der Waals surface area contributed by atoms with Gasteiger partial charge in [0.2, 0.25) is 15.9 Å². The Kier molecular flexibility index (Phi) is 7.07. The van der Waals surface area contributed by atoms with Crippen LogP contribution in [0.25, 0.3) is 0 Å². The van der Waals surface area contributed by atoms with Gasteiger partial charge < -0.3 is 9.80 Å². The Morgan fingerprint density at radius 1 is 0.909 bits per heavy atom. The summed E-state index contributed by atoms with van der Waals surface area (Å²) < 4.78 is 27.8.